The summed E-state index contributed by atoms with van der Waals surface area (Å²) in [6, 6.07) is 11.0. The highest BCUT2D eigenvalue weighted by Crippen LogP contribution is 2.22. The Hall–Kier alpha value is -2.23. The first-order valence-corrected chi connectivity index (χ1v) is 5.82. The van der Waals surface area contributed by atoms with Gasteiger partial charge in [-0.05, 0) is 38.1 Å². The normalized spacial score (nSPS) is 10.6. The Morgan fingerprint density at radius 3 is 2.67 bits per heavy atom. The van der Waals surface area contributed by atoms with E-state index in [0.29, 0.717) is 0 Å². The largest absolute Gasteiger partial charge is 0.491 e. The maximum absolute atomic E-state index is 11.5. The van der Waals surface area contributed by atoms with Gasteiger partial charge in [0.15, 0.2) is 0 Å². The van der Waals surface area contributed by atoms with Crippen molar-refractivity contribution in [1.82, 2.24) is 4.98 Å². The number of hydrogen-bond donors (Lipinski definition) is 2. The minimum Gasteiger partial charge on any atom is -0.491 e. The lowest BCUT2D eigenvalue weighted by Crippen LogP contribution is -2.11. The van der Waals surface area contributed by atoms with Crippen molar-refractivity contribution in [3.63, 3.8) is 0 Å². The molecule has 0 unspecified atom stereocenters. The van der Waals surface area contributed by atoms with Crippen LogP contribution in [-0.4, -0.2) is 11.1 Å². The van der Waals surface area contributed by atoms with Crippen molar-refractivity contribution in [3.05, 3.63) is 46.8 Å². The molecule has 2 aromatic rings. The smallest absolute Gasteiger partial charge is 0.271 e. The summed E-state index contributed by atoms with van der Waals surface area (Å²) < 4.78 is 5.61. The second-order valence-electron chi connectivity index (χ2n) is 4.35. The van der Waals surface area contributed by atoms with Crippen LogP contribution in [0.2, 0.25) is 0 Å². The van der Waals surface area contributed by atoms with Crippen LogP contribution >= 0.6 is 0 Å². The maximum atomic E-state index is 11.5. The Balaban J connectivity index is 2.38. The van der Waals surface area contributed by atoms with Crippen molar-refractivity contribution in [2.45, 2.75) is 20.0 Å². The first-order valence-electron chi connectivity index (χ1n) is 5.82. The molecule has 2 rings (SSSR count). The Kier molecular flexibility index (Phi) is 3.37. The summed E-state index contributed by atoms with van der Waals surface area (Å²) in [5.74, 6) is 0.778. The molecule has 4 nitrogen and oxygen atoms in total. The number of pyridine rings is 1. The summed E-state index contributed by atoms with van der Waals surface area (Å²) in [6.07, 6.45) is 0.116. The highest BCUT2D eigenvalue weighted by Gasteiger charge is 2.03. The van der Waals surface area contributed by atoms with E-state index in [2.05, 4.69) is 4.98 Å². The number of nitrogen functional groups attached to an aromatic ring is 1. The molecule has 1 aromatic carbocycles. The number of anilines is 1. The average molecular weight is 244 g/mol. The number of hydrogen-bond acceptors (Lipinski definition) is 3. The van der Waals surface area contributed by atoms with Crippen LogP contribution in [0.5, 0.6) is 5.75 Å². The lowest BCUT2D eigenvalue weighted by Gasteiger charge is -2.11. The monoisotopic (exact) mass is 244 g/mol. The van der Waals surface area contributed by atoms with Crippen LogP contribution in [0.25, 0.3) is 11.3 Å². The molecule has 3 N–H and O–H groups in total. The Labute approximate surface area is 105 Å². The molecule has 1 heterocycles. The quantitative estimate of drug-likeness (QED) is 0.871. The fraction of sp³-hybridized carbons (Fsp3) is 0.214. The van der Waals surface area contributed by atoms with Gasteiger partial charge in [-0.15, -0.1) is 0 Å². The highest BCUT2D eigenvalue weighted by molar-refractivity contribution is 5.62. The molecule has 4 heteroatoms. The fourth-order valence-corrected chi connectivity index (χ4v) is 1.66. The molecule has 94 valence electrons. The van der Waals surface area contributed by atoms with E-state index in [1.807, 2.05) is 38.1 Å². The second-order valence-corrected chi connectivity index (χ2v) is 4.35. The third-order valence-corrected chi connectivity index (χ3v) is 2.46. The number of rotatable bonds is 3. The third kappa shape index (κ3) is 2.71. The van der Waals surface area contributed by atoms with E-state index in [1.54, 1.807) is 12.1 Å². The van der Waals surface area contributed by atoms with Gasteiger partial charge in [0.1, 0.15) is 5.75 Å². The minimum absolute atomic E-state index is 0.116. The molecule has 0 aliphatic heterocycles. The number of H-pyrrole nitrogens is 1. The van der Waals surface area contributed by atoms with E-state index >= 15 is 0 Å². The van der Waals surface area contributed by atoms with Gasteiger partial charge in [-0.2, -0.15) is 0 Å². The van der Waals surface area contributed by atoms with Gasteiger partial charge in [0.05, 0.1) is 11.8 Å². The fourth-order valence-electron chi connectivity index (χ4n) is 1.66. The lowest BCUT2D eigenvalue weighted by atomic mass is 10.1. The zero-order valence-electron chi connectivity index (χ0n) is 10.4. The van der Waals surface area contributed by atoms with Gasteiger partial charge >= 0.3 is 0 Å². The molecule has 0 bridgehead atoms. The number of nitrogens with two attached hydrogens (primary N) is 1. The first kappa shape index (κ1) is 12.2. The van der Waals surface area contributed by atoms with Crippen molar-refractivity contribution in [1.29, 1.82) is 0 Å². The Morgan fingerprint density at radius 2 is 2.00 bits per heavy atom. The molecule has 0 aliphatic rings. The highest BCUT2D eigenvalue weighted by atomic mass is 16.5. The second kappa shape index (κ2) is 4.96. The SMILES string of the molecule is CC(C)Oc1cccc(-c2ccc(N)c(=O)[nH]2)c1. The van der Waals surface area contributed by atoms with Crippen LogP contribution in [0, 0.1) is 0 Å². The number of benzene rings is 1. The predicted molar refractivity (Wildman–Crippen MR) is 72.7 cm³/mol. The standard InChI is InChI=1S/C14H16N2O2/c1-9(2)18-11-5-3-4-10(8-11)13-7-6-12(15)14(17)16-13/h3-9H,15H2,1-2H3,(H,16,17). The van der Waals surface area contributed by atoms with E-state index in [1.165, 1.54) is 0 Å². The van der Waals surface area contributed by atoms with Crippen LogP contribution in [0.3, 0.4) is 0 Å². The molecule has 0 spiro atoms. The van der Waals surface area contributed by atoms with Crippen molar-refractivity contribution < 1.29 is 4.74 Å². The molecule has 1 aromatic heterocycles. The first-order chi connectivity index (χ1) is 8.56. The van der Waals surface area contributed by atoms with Gasteiger partial charge in [-0.25, -0.2) is 0 Å². The number of aromatic amines is 1. The van der Waals surface area contributed by atoms with Gasteiger partial charge < -0.3 is 15.5 Å². The summed E-state index contributed by atoms with van der Waals surface area (Å²) in [5, 5.41) is 0. The van der Waals surface area contributed by atoms with Crippen molar-refractivity contribution in [3.8, 4) is 17.0 Å². The predicted octanol–water partition coefficient (Wildman–Crippen LogP) is 2.41. The third-order valence-electron chi connectivity index (χ3n) is 2.46. The maximum Gasteiger partial charge on any atom is 0.271 e. The molecule has 0 aliphatic carbocycles. The molecular weight excluding hydrogens is 228 g/mol. The Morgan fingerprint density at radius 1 is 1.22 bits per heavy atom. The molecule has 0 atom stereocenters. The van der Waals surface area contributed by atoms with E-state index in [9.17, 15) is 4.79 Å². The van der Waals surface area contributed by atoms with Crippen LogP contribution in [0.15, 0.2) is 41.2 Å². The van der Waals surface area contributed by atoms with E-state index in [0.717, 1.165) is 17.0 Å². The lowest BCUT2D eigenvalue weighted by molar-refractivity contribution is 0.242. The van der Waals surface area contributed by atoms with E-state index in [4.69, 9.17) is 10.5 Å². The zero-order valence-corrected chi connectivity index (χ0v) is 10.4. The van der Waals surface area contributed by atoms with E-state index < -0.39 is 0 Å². The summed E-state index contributed by atoms with van der Waals surface area (Å²) >= 11 is 0. The van der Waals surface area contributed by atoms with Gasteiger partial charge in [0, 0.05) is 11.3 Å². The Bertz CT molecular complexity index is 603. The van der Waals surface area contributed by atoms with Crippen LogP contribution in [0.1, 0.15) is 13.8 Å². The minimum atomic E-state index is -0.275. The molecule has 18 heavy (non-hydrogen) atoms. The molecule has 0 amide bonds. The molecule has 0 radical (unpaired) electrons. The average Bonchev–Trinajstić information content (AvgIpc) is 2.32. The number of nitrogens with one attached hydrogen (secondary N) is 1. The number of ether oxygens (including phenoxy) is 1. The topological polar surface area (TPSA) is 68.1 Å². The van der Waals surface area contributed by atoms with Crippen molar-refractivity contribution in [2.75, 3.05) is 5.73 Å². The van der Waals surface area contributed by atoms with Gasteiger partial charge in [-0.3, -0.25) is 4.79 Å². The molecular formula is C14H16N2O2. The number of aromatic nitrogens is 1. The summed E-state index contributed by atoms with van der Waals surface area (Å²) in [5.41, 5.74) is 7.05. The van der Waals surface area contributed by atoms with E-state index in [-0.39, 0.29) is 17.4 Å². The summed E-state index contributed by atoms with van der Waals surface area (Å²) in [7, 11) is 0. The van der Waals surface area contributed by atoms with Crippen molar-refractivity contribution >= 4 is 5.69 Å². The molecule has 0 saturated heterocycles. The molecule has 0 fully saturated rings. The van der Waals surface area contributed by atoms with Crippen LogP contribution < -0.4 is 16.0 Å². The zero-order chi connectivity index (χ0) is 13.1. The van der Waals surface area contributed by atoms with Gasteiger partial charge in [-0.1, -0.05) is 12.1 Å². The van der Waals surface area contributed by atoms with Gasteiger partial charge in [0.2, 0.25) is 0 Å². The van der Waals surface area contributed by atoms with Crippen molar-refractivity contribution in [2.24, 2.45) is 0 Å². The summed E-state index contributed by atoms with van der Waals surface area (Å²) in [4.78, 5) is 14.2. The molecule has 0 saturated carbocycles. The van der Waals surface area contributed by atoms with Gasteiger partial charge in [0.25, 0.3) is 5.56 Å². The van der Waals surface area contributed by atoms with Crippen LogP contribution in [-0.2, 0) is 0 Å². The van der Waals surface area contributed by atoms with Crippen LogP contribution in [0.4, 0.5) is 5.69 Å². The summed E-state index contributed by atoms with van der Waals surface area (Å²) in [6.45, 7) is 3.94.